The molecule has 1 aromatic carbocycles. The summed E-state index contributed by atoms with van der Waals surface area (Å²) in [5, 5.41) is 13.6. The number of methoxy groups -OCH3 is 1. The fourth-order valence-corrected chi connectivity index (χ4v) is 1.85. The average molecular weight is 237 g/mol. The van der Waals surface area contributed by atoms with Crippen LogP contribution in [0, 0.1) is 0 Å². The molecular weight excluding hydrogens is 214 g/mol. The number of benzene rings is 1. The molecule has 2 atom stereocenters. The van der Waals surface area contributed by atoms with Crippen molar-refractivity contribution in [3.05, 3.63) is 29.8 Å². The van der Waals surface area contributed by atoms with Gasteiger partial charge in [-0.15, -0.1) is 0 Å². The molecule has 96 valence electrons. The second kappa shape index (κ2) is 5.52. The van der Waals surface area contributed by atoms with Gasteiger partial charge in [0.15, 0.2) is 0 Å². The van der Waals surface area contributed by atoms with Crippen molar-refractivity contribution in [3.63, 3.8) is 0 Å². The van der Waals surface area contributed by atoms with Crippen LogP contribution in [0.15, 0.2) is 24.3 Å². The Balaban J connectivity index is 2.71. The number of aliphatic hydroxyl groups is 1. The quantitative estimate of drug-likeness (QED) is 0.845. The van der Waals surface area contributed by atoms with E-state index < -0.39 is 6.10 Å². The Labute approximate surface area is 104 Å². The van der Waals surface area contributed by atoms with Gasteiger partial charge in [-0.25, -0.2) is 0 Å². The van der Waals surface area contributed by atoms with E-state index in [1.807, 2.05) is 31.2 Å². The van der Waals surface area contributed by atoms with Gasteiger partial charge in [-0.05, 0) is 45.4 Å². The van der Waals surface area contributed by atoms with E-state index in [0.29, 0.717) is 0 Å². The van der Waals surface area contributed by atoms with Gasteiger partial charge in [0.1, 0.15) is 5.75 Å². The Hall–Kier alpha value is -1.06. The first-order valence-corrected chi connectivity index (χ1v) is 5.93. The van der Waals surface area contributed by atoms with Crippen molar-refractivity contribution in [2.24, 2.45) is 0 Å². The van der Waals surface area contributed by atoms with E-state index in [-0.39, 0.29) is 11.6 Å². The number of nitrogens with one attached hydrogen (secondary N) is 1. The van der Waals surface area contributed by atoms with Crippen LogP contribution < -0.4 is 10.1 Å². The van der Waals surface area contributed by atoms with Gasteiger partial charge < -0.3 is 15.2 Å². The molecule has 0 amide bonds. The molecule has 3 heteroatoms. The molecule has 0 radical (unpaired) electrons. The Kier molecular flexibility index (Phi) is 4.54. The van der Waals surface area contributed by atoms with Crippen LogP contribution in [0.3, 0.4) is 0 Å². The monoisotopic (exact) mass is 237 g/mol. The van der Waals surface area contributed by atoms with E-state index in [0.717, 1.165) is 11.3 Å². The van der Waals surface area contributed by atoms with E-state index in [2.05, 4.69) is 26.1 Å². The third kappa shape index (κ3) is 4.36. The highest BCUT2D eigenvalue weighted by molar-refractivity contribution is 5.29. The van der Waals surface area contributed by atoms with Crippen LogP contribution in [0.5, 0.6) is 5.75 Å². The van der Waals surface area contributed by atoms with Crippen LogP contribution in [0.4, 0.5) is 0 Å². The van der Waals surface area contributed by atoms with Gasteiger partial charge in [-0.1, -0.05) is 12.1 Å². The molecule has 2 N–H and O–H groups in total. The lowest BCUT2D eigenvalue weighted by Crippen LogP contribution is -2.44. The molecule has 0 aromatic heterocycles. The lowest BCUT2D eigenvalue weighted by atomic mass is 10.00. The standard InChI is InChI=1S/C14H23NO2/c1-10(15-14(2,3)4)13(16)11-6-8-12(17-5)9-7-11/h6-10,13,15-16H,1-5H3. The van der Waals surface area contributed by atoms with E-state index >= 15 is 0 Å². The molecule has 0 aliphatic carbocycles. The molecule has 1 aromatic rings. The zero-order valence-electron chi connectivity index (χ0n) is 11.3. The molecule has 0 saturated carbocycles. The minimum atomic E-state index is -0.514. The maximum absolute atomic E-state index is 10.2. The second-order valence-electron chi connectivity index (χ2n) is 5.40. The fourth-order valence-electron chi connectivity index (χ4n) is 1.85. The highest BCUT2D eigenvalue weighted by atomic mass is 16.5. The number of hydrogen-bond acceptors (Lipinski definition) is 3. The Morgan fingerprint density at radius 1 is 1.18 bits per heavy atom. The van der Waals surface area contributed by atoms with E-state index in [4.69, 9.17) is 4.74 Å². The van der Waals surface area contributed by atoms with Gasteiger partial charge in [0.05, 0.1) is 13.2 Å². The average Bonchev–Trinajstić information content (AvgIpc) is 2.26. The summed E-state index contributed by atoms with van der Waals surface area (Å²) in [6.45, 7) is 8.25. The molecular formula is C14H23NO2. The Morgan fingerprint density at radius 3 is 2.12 bits per heavy atom. The van der Waals surface area contributed by atoms with Gasteiger partial charge >= 0.3 is 0 Å². The predicted molar refractivity (Wildman–Crippen MR) is 70.3 cm³/mol. The molecule has 3 nitrogen and oxygen atoms in total. The number of ether oxygens (including phenoxy) is 1. The van der Waals surface area contributed by atoms with Crippen molar-refractivity contribution >= 4 is 0 Å². The summed E-state index contributed by atoms with van der Waals surface area (Å²) < 4.78 is 5.09. The Morgan fingerprint density at radius 2 is 1.71 bits per heavy atom. The van der Waals surface area contributed by atoms with Crippen LogP contribution in [0.2, 0.25) is 0 Å². The first-order chi connectivity index (χ1) is 7.83. The maximum Gasteiger partial charge on any atom is 0.118 e. The molecule has 0 aliphatic rings. The van der Waals surface area contributed by atoms with Crippen molar-refractivity contribution in [1.29, 1.82) is 0 Å². The smallest absolute Gasteiger partial charge is 0.118 e. The zero-order chi connectivity index (χ0) is 13.1. The van der Waals surface area contributed by atoms with Crippen molar-refractivity contribution in [2.45, 2.75) is 45.4 Å². The second-order valence-corrected chi connectivity index (χ2v) is 5.40. The van der Waals surface area contributed by atoms with Gasteiger partial charge in [-0.3, -0.25) is 0 Å². The predicted octanol–water partition coefficient (Wildman–Crippen LogP) is 2.51. The number of aliphatic hydroxyl groups excluding tert-OH is 1. The highest BCUT2D eigenvalue weighted by Crippen LogP contribution is 2.21. The van der Waals surface area contributed by atoms with Crippen LogP contribution in [-0.2, 0) is 0 Å². The lowest BCUT2D eigenvalue weighted by Gasteiger charge is -2.29. The van der Waals surface area contributed by atoms with Gasteiger partial charge in [0.2, 0.25) is 0 Å². The lowest BCUT2D eigenvalue weighted by molar-refractivity contribution is 0.121. The topological polar surface area (TPSA) is 41.5 Å². The minimum absolute atomic E-state index is 0.00314. The van der Waals surface area contributed by atoms with Crippen molar-refractivity contribution in [2.75, 3.05) is 7.11 Å². The van der Waals surface area contributed by atoms with Crippen LogP contribution in [-0.4, -0.2) is 23.8 Å². The van der Waals surface area contributed by atoms with Crippen LogP contribution >= 0.6 is 0 Å². The maximum atomic E-state index is 10.2. The summed E-state index contributed by atoms with van der Waals surface area (Å²) in [5.74, 6) is 0.803. The van der Waals surface area contributed by atoms with Crippen molar-refractivity contribution in [3.8, 4) is 5.75 Å². The molecule has 0 fully saturated rings. The molecule has 0 spiro atoms. The van der Waals surface area contributed by atoms with E-state index in [1.165, 1.54) is 0 Å². The molecule has 0 heterocycles. The summed E-state index contributed by atoms with van der Waals surface area (Å²) in [6.07, 6.45) is -0.514. The summed E-state index contributed by atoms with van der Waals surface area (Å²) in [5.41, 5.74) is 0.891. The highest BCUT2D eigenvalue weighted by Gasteiger charge is 2.21. The van der Waals surface area contributed by atoms with E-state index in [9.17, 15) is 5.11 Å². The van der Waals surface area contributed by atoms with Crippen molar-refractivity contribution < 1.29 is 9.84 Å². The molecule has 2 unspecified atom stereocenters. The van der Waals surface area contributed by atoms with Gasteiger partial charge in [-0.2, -0.15) is 0 Å². The minimum Gasteiger partial charge on any atom is -0.497 e. The third-order valence-electron chi connectivity index (χ3n) is 2.59. The Bertz CT molecular complexity index is 340. The molecule has 0 saturated heterocycles. The van der Waals surface area contributed by atoms with Crippen molar-refractivity contribution in [1.82, 2.24) is 5.32 Å². The number of rotatable bonds is 4. The zero-order valence-corrected chi connectivity index (χ0v) is 11.3. The summed E-state index contributed by atoms with van der Waals surface area (Å²) in [7, 11) is 1.63. The molecule has 0 bridgehead atoms. The first-order valence-electron chi connectivity index (χ1n) is 5.93. The molecule has 0 aliphatic heterocycles. The normalized spacial score (nSPS) is 15.4. The first kappa shape index (κ1) is 14.0. The summed E-state index contributed by atoms with van der Waals surface area (Å²) in [6, 6.07) is 7.52. The largest absolute Gasteiger partial charge is 0.497 e. The van der Waals surface area contributed by atoms with Crippen LogP contribution in [0.1, 0.15) is 39.4 Å². The molecule has 17 heavy (non-hydrogen) atoms. The third-order valence-corrected chi connectivity index (χ3v) is 2.59. The number of hydrogen-bond donors (Lipinski definition) is 2. The molecule has 1 rings (SSSR count). The van der Waals surface area contributed by atoms with Gasteiger partial charge in [0, 0.05) is 11.6 Å². The van der Waals surface area contributed by atoms with Crippen LogP contribution in [0.25, 0.3) is 0 Å². The summed E-state index contributed by atoms with van der Waals surface area (Å²) >= 11 is 0. The fraction of sp³-hybridized carbons (Fsp3) is 0.571. The van der Waals surface area contributed by atoms with Gasteiger partial charge in [0.25, 0.3) is 0 Å². The summed E-state index contributed by atoms with van der Waals surface area (Å²) in [4.78, 5) is 0. The van der Waals surface area contributed by atoms with E-state index in [1.54, 1.807) is 7.11 Å². The SMILES string of the molecule is COc1ccc(C(O)C(C)NC(C)(C)C)cc1.